The van der Waals surface area contributed by atoms with Crippen LogP contribution in [0.5, 0.6) is 0 Å². The molecule has 0 bridgehead atoms. The minimum Gasteiger partial charge on any atom is -0.356 e. The van der Waals surface area contributed by atoms with Crippen molar-refractivity contribution in [3.8, 4) is 0 Å². The molecule has 1 aromatic carbocycles. The lowest BCUT2D eigenvalue weighted by Crippen LogP contribution is -2.37. The Morgan fingerprint density at radius 3 is 2.81 bits per heavy atom. The van der Waals surface area contributed by atoms with Gasteiger partial charge in [-0.2, -0.15) is 11.3 Å². The second-order valence-corrected chi connectivity index (χ2v) is 5.25. The van der Waals surface area contributed by atoms with Crippen LogP contribution in [-0.2, 0) is 13.0 Å². The second kappa shape index (κ2) is 7.73. The highest BCUT2D eigenvalue weighted by Crippen LogP contribution is 2.09. The first kappa shape index (κ1) is 15.4. The zero-order valence-corrected chi connectivity index (χ0v) is 12.5. The van der Waals surface area contributed by atoms with Crippen LogP contribution in [0.4, 0.5) is 8.78 Å². The van der Waals surface area contributed by atoms with E-state index >= 15 is 0 Å². The molecule has 0 unspecified atom stereocenters. The Morgan fingerprint density at radius 1 is 1.24 bits per heavy atom. The molecule has 1 heterocycles. The number of benzene rings is 1. The SMILES string of the molecule is CN=C(NCCc1cc(F)ccc1F)NCc1ccsc1. The summed E-state index contributed by atoms with van der Waals surface area (Å²) in [5.41, 5.74) is 1.54. The lowest BCUT2D eigenvalue weighted by Gasteiger charge is -2.11. The third kappa shape index (κ3) is 4.82. The van der Waals surface area contributed by atoms with E-state index in [1.807, 2.05) is 11.4 Å². The Balaban J connectivity index is 1.79. The first-order chi connectivity index (χ1) is 10.2. The largest absolute Gasteiger partial charge is 0.356 e. The zero-order valence-electron chi connectivity index (χ0n) is 11.7. The van der Waals surface area contributed by atoms with E-state index in [1.165, 1.54) is 11.6 Å². The van der Waals surface area contributed by atoms with Gasteiger partial charge >= 0.3 is 0 Å². The molecule has 0 aliphatic heterocycles. The maximum atomic E-state index is 13.5. The Morgan fingerprint density at radius 2 is 2.10 bits per heavy atom. The van der Waals surface area contributed by atoms with Crippen molar-refractivity contribution in [3.63, 3.8) is 0 Å². The molecule has 0 fully saturated rings. The maximum Gasteiger partial charge on any atom is 0.191 e. The van der Waals surface area contributed by atoms with Gasteiger partial charge in [0.15, 0.2) is 5.96 Å². The van der Waals surface area contributed by atoms with Crippen molar-refractivity contribution < 1.29 is 8.78 Å². The van der Waals surface area contributed by atoms with Crippen LogP contribution in [0.25, 0.3) is 0 Å². The van der Waals surface area contributed by atoms with E-state index < -0.39 is 5.82 Å². The van der Waals surface area contributed by atoms with Gasteiger partial charge in [0, 0.05) is 20.1 Å². The van der Waals surface area contributed by atoms with Gasteiger partial charge in [-0.15, -0.1) is 0 Å². The molecule has 2 aromatic rings. The molecular formula is C15H17F2N3S. The van der Waals surface area contributed by atoms with Crippen molar-refractivity contribution in [3.05, 3.63) is 57.8 Å². The molecule has 0 spiro atoms. The summed E-state index contributed by atoms with van der Waals surface area (Å²) in [5.74, 6) is -0.177. The highest BCUT2D eigenvalue weighted by Gasteiger charge is 2.04. The fourth-order valence-electron chi connectivity index (χ4n) is 1.85. The molecule has 2 N–H and O–H groups in total. The number of rotatable bonds is 5. The summed E-state index contributed by atoms with van der Waals surface area (Å²) < 4.78 is 26.5. The molecule has 2 rings (SSSR count). The van der Waals surface area contributed by atoms with Gasteiger partial charge in [-0.1, -0.05) is 0 Å². The van der Waals surface area contributed by atoms with E-state index in [-0.39, 0.29) is 5.82 Å². The fraction of sp³-hybridized carbons (Fsp3) is 0.267. The number of nitrogens with zero attached hydrogens (tertiary/aromatic N) is 1. The van der Waals surface area contributed by atoms with Crippen LogP contribution in [-0.4, -0.2) is 19.6 Å². The van der Waals surface area contributed by atoms with Gasteiger partial charge in [0.2, 0.25) is 0 Å². The summed E-state index contributed by atoms with van der Waals surface area (Å²) in [7, 11) is 1.67. The second-order valence-electron chi connectivity index (χ2n) is 4.47. The smallest absolute Gasteiger partial charge is 0.191 e. The van der Waals surface area contributed by atoms with Gasteiger partial charge in [0.1, 0.15) is 11.6 Å². The van der Waals surface area contributed by atoms with E-state index in [0.29, 0.717) is 31.0 Å². The molecule has 0 aliphatic rings. The monoisotopic (exact) mass is 309 g/mol. The van der Waals surface area contributed by atoms with Crippen LogP contribution in [0.1, 0.15) is 11.1 Å². The molecule has 3 nitrogen and oxygen atoms in total. The average Bonchev–Trinajstić information content (AvgIpc) is 2.99. The van der Waals surface area contributed by atoms with Gasteiger partial charge in [-0.05, 0) is 52.6 Å². The Bertz CT molecular complexity index is 597. The Labute approximate surface area is 126 Å². The molecule has 0 atom stereocenters. The molecular weight excluding hydrogens is 292 g/mol. The van der Waals surface area contributed by atoms with Crippen molar-refractivity contribution in [1.29, 1.82) is 0 Å². The molecule has 6 heteroatoms. The summed E-state index contributed by atoms with van der Waals surface area (Å²) in [4.78, 5) is 4.09. The number of guanidine groups is 1. The fourth-order valence-corrected chi connectivity index (χ4v) is 2.52. The van der Waals surface area contributed by atoms with Gasteiger partial charge in [-0.3, -0.25) is 4.99 Å². The summed E-state index contributed by atoms with van der Waals surface area (Å²) in [5, 5.41) is 10.3. The summed E-state index contributed by atoms with van der Waals surface area (Å²) in [6.45, 7) is 1.15. The van der Waals surface area contributed by atoms with Crippen LogP contribution < -0.4 is 10.6 Å². The molecule has 21 heavy (non-hydrogen) atoms. The Kier molecular flexibility index (Phi) is 5.68. The molecule has 0 saturated heterocycles. The summed E-state index contributed by atoms with van der Waals surface area (Å²) in [6, 6.07) is 5.52. The van der Waals surface area contributed by atoms with Gasteiger partial charge in [0.25, 0.3) is 0 Å². The van der Waals surface area contributed by atoms with Crippen molar-refractivity contribution in [2.75, 3.05) is 13.6 Å². The van der Waals surface area contributed by atoms with E-state index in [4.69, 9.17) is 0 Å². The molecule has 0 saturated carbocycles. The van der Waals surface area contributed by atoms with Gasteiger partial charge < -0.3 is 10.6 Å². The molecule has 0 aliphatic carbocycles. The molecule has 0 radical (unpaired) electrons. The van der Waals surface area contributed by atoms with Gasteiger partial charge in [-0.25, -0.2) is 8.78 Å². The van der Waals surface area contributed by atoms with Crippen molar-refractivity contribution in [2.24, 2.45) is 4.99 Å². The van der Waals surface area contributed by atoms with Crippen LogP contribution in [0.3, 0.4) is 0 Å². The van der Waals surface area contributed by atoms with E-state index in [2.05, 4.69) is 21.0 Å². The third-order valence-electron chi connectivity index (χ3n) is 2.96. The van der Waals surface area contributed by atoms with Crippen molar-refractivity contribution in [2.45, 2.75) is 13.0 Å². The molecule has 112 valence electrons. The van der Waals surface area contributed by atoms with E-state index in [1.54, 1.807) is 18.4 Å². The average molecular weight is 309 g/mol. The maximum absolute atomic E-state index is 13.5. The molecule has 0 amide bonds. The number of aliphatic imine (C=N–C) groups is 1. The predicted molar refractivity (Wildman–Crippen MR) is 82.6 cm³/mol. The number of nitrogens with one attached hydrogen (secondary N) is 2. The predicted octanol–water partition coefficient (Wildman–Crippen LogP) is 2.93. The quantitative estimate of drug-likeness (QED) is 0.658. The van der Waals surface area contributed by atoms with E-state index in [9.17, 15) is 8.78 Å². The van der Waals surface area contributed by atoms with Crippen molar-refractivity contribution in [1.82, 2.24) is 10.6 Å². The minimum absolute atomic E-state index is 0.357. The lowest BCUT2D eigenvalue weighted by atomic mass is 10.1. The standard InChI is InChI=1S/C15H17F2N3S/c1-18-15(20-9-11-5-7-21-10-11)19-6-4-12-8-13(16)2-3-14(12)17/h2-3,5,7-8,10H,4,6,9H2,1H3,(H2,18,19,20). The summed E-state index contributed by atoms with van der Waals surface area (Å²) >= 11 is 1.64. The zero-order chi connectivity index (χ0) is 15.1. The Hall–Kier alpha value is -1.95. The minimum atomic E-state index is -0.425. The van der Waals surface area contributed by atoms with E-state index in [0.717, 1.165) is 12.1 Å². The number of halogens is 2. The van der Waals surface area contributed by atoms with Crippen LogP contribution in [0, 0.1) is 11.6 Å². The number of thiophene rings is 1. The van der Waals surface area contributed by atoms with Crippen LogP contribution in [0.15, 0.2) is 40.0 Å². The topological polar surface area (TPSA) is 36.4 Å². The first-order valence-electron chi connectivity index (χ1n) is 6.58. The lowest BCUT2D eigenvalue weighted by molar-refractivity contribution is 0.583. The van der Waals surface area contributed by atoms with Crippen molar-refractivity contribution >= 4 is 17.3 Å². The van der Waals surface area contributed by atoms with Gasteiger partial charge in [0.05, 0.1) is 0 Å². The molecule has 1 aromatic heterocycles. The first-order valence-corrected chi connectivity index (χ1v) is 7.53. The van der Waals surface area contributed by atoms with Crippen LogP contribution >= 0.6 is 11.3 Å². The normalized spacial score (nSPS) is 11.5. The number of hydrogen-bond acceptors (Lipinski definition) is 2. The van der Waals surface area contributed by atoms with Crippen LogP contribution in [0.2, 0.25) is 0 Å². The highest BCUT2D eigenvalue weighted by atomic mass is 32.1. The summed E-state index contributed by atoms with van der Waals surface area (Å²) in [6.07, 6.45) is 0.392. The third-order valence-corrected chi connectivity index (χ3v) is 3.69. The highest BCUT2D eigenvalue weighted by molar-refractivity contribution is 7.07. The number of hydrogen-bond donors (Lipinski definition) is 2.